The van der Waals surface area contributed by atoms with Gasteiger partial charge in [-0.15, -0.1) is 0 Å². The summed E-state index contributed by atoms with van der Waals surface area (Å²) in [5.41, 5.74) is -0.880. The van der Waals surface area contributed by atoms with Crippen LogP contribution in [0.25, 0.3) is 0 Å². The van der Waals surface area contributed by atoms with Gasteiger partial charge in [0.15, 0.2) is 0 Å². The third-order valence-corrected chi connectivity index (χ3v) is 4.10. The molecule has 0 aromatic heterocycles. The van der Waals surface area contributed by atoms with Crippen LogP contribution in [0.2, 0.25) is 0 Å². The number of rotatable bonds is 7. The minimum Gasteiger partial charge on any atom is -0.491 e. The number of hydrogen-bond acceptors (Lipinski definition) is 4. The number of carbonyl (C=O) groups excluding carboxylic acids is 2. The fourth-order valence-electron chi connectivity index (χ4n) is 2.56. The summed E-state index contributed by atoms with van der Waals surface area (Å²) in [6.45, 7) is 3.42. The van der Waals surface area contributed by atoms with Crippen molar-refractivity contribution in [1.82, 2.24) is 10.2 Å². The number of halogens is 1. The molecule has 23 heavy (non-hydrogen) atoms. The predicted molar refractivity (Wildman–Crippen MR) is 81.5 cm³/mol. The second kappa shape index (κ2) is 6.95. The average molecular weight is 324 g/mol. The molecule has 0 radical (unpaired) electrons. The second-order valence-electron chi connectivity index (χ2n) is 5.55. The molecule has 0 unspecified atom stereocenters. The molecule has 126 valence electrons. The van der Waals surface area contributed by atoms with Gasteiger partial charge in [-0.2, -0.15) is 0 Å². The minimum atomic E-state index is -1.03. The Morgan fingerprint density at radius 3 is 2.39 bits per heavy atom. The topological polar surface area (TPSA) is 78.9 Å². The molecular formula is C16H21FN2O4. The number of carbonyl (C=O) groups is 2. The van der Waals surface area contributed by atoms with Crippen molar-refractivity contribution in [1.29, 1.82) is 0 Å². The van der Waals surface area contributed by atoms with Crippen molar-refractivity contribution >= 4 is 11.9 Å². The van der Waals surface area contributed by atoms with E-state index in [1.807, 2.05) is 13.8 Å². The molecule has 1 atom stereocenters. The molecule has 1 aliphatic heterocycles. The lowest BCUT2D eigenvalue weighted by Gasteiger charge is -2.23. The number of imide groups is 1. The van der Waals surface area contributed by atoms with Gasteiger partial charge in [-0.1, -0.05) is 13.8 Å². The maximum Gasteiger partial charge on any atom is 0.325 e. The second-order valence-corrected chi connectivity index (χ2v) is 5.55. The van der Waals surface area contributed by atoms with Crippen LogP contribution < -0.4 is 10.1 Å². The minimum absolute atomic E-state index is 0.103. The van der Waals surface area contributed by atoms with E-state index in [0.717, 1.165) is 4.90 Å². The number of urea groups is 1. The van der Waals surface area contributed by atoms with Crippen LogP contribution in [0, 0.1) is 5.82 Å². The smallest absolute Gasteiger partial charge is 0.325 e. The fourth-order valence-corrected chi connectivity index (χ4v) is 2.56. The van der Waals surface area contributed by atoms with Gasteiger partial charge >= 0.3 is 6.03 Å². The monoisotopic (exact) mass is 324 g/mol. The van der Waals surface area contributed by atoms with E-state index in [1.165, 1.54) is 24.3 Å². The molecule has 1 aliphatic rings. The van der Waals surface area contributed by atoms with Gasteiger partial charge in [0.1, 0.15) is 29.8 Å². The summed E-state index contributed by atoms with van der Waals surface area (Å²) in [6, 6.07) is 4.87. The van der Waals surface area contributed by atoms with Crippen LogP contribution >= 0.6 is 0 Å². The fraction of sp³-hybridized carbons (Fsp3) is 0.500. The van der Waals surface area contributed by atoms with Crippen molar-refractivity contribution in [3.63, 3.8) is 0 Å². The maximum absolute atomic E-state index is 12.8. The lowest BCUT2D eigenvalue weighted by molar-refractivity contribution is -0.132. The Morgan fingerprint density at radius 1 is 1.26 bits per heavy atom. The van der Waals surface area contributed by atoms with Crippen LogP contribution in [0.15, 0.2) is 24.3 Å². The maximum atomic E-state index is 12.8. The number of benzene rings is 1. The highest BCUT2D eigenvalue weighted by Crippen LogP contribution is 2.25. The molecule has 0 saturated carbocycles. The van der Waals surface area contributed by atoms with Gasteiger partial charge < -0.3 is 15.2 Å². The number of hydrogen-bond donors (Lipinski definition) is 2. The number of nitrogens with one attached hydrogen (secondary N) is 1. The van der Waals surface area contributed by atoms with Gasteiger partial charge in [0.05, 0.1) is 6.54 Å². The lowest BCUT2D eigenvalue weighted by atomic mass is 9.93. The Kier molecular flexibility index (Phi) is 5.20. The molecule has 1 aromatic carbocycles. The molecule has 6 nitrogen and oxygen atoms in total. The van der Waals surface area contributed by atoms with E-state index < -0.39 is 17.7 Å². The highest BCUT2D eigenvalue weighted by atomic mass is 19.1. The number of amides is 3. The third-order valence-electron chi connectivity index (χ3n) is 4.10. The van der Waals surface area contributed by atoms with Crippen LogP contribution in [0.5, 0.6) is 5.75 Å². The van der Waals surface area contributed by atoms with Gasteiger partial charge in [-0.05, 0) is 37.1 Å². The molecule has 0 aliphatic carbocycles. The number of aliphatic hydroxyl groups is 1. The van der Waals surface area contributed by atoms with Crippen molar-refractivity contribution in [2.45, 2.75) is 38.3 Å². The highest BCUT2D eigenvalue weighted by molar-refractivity contribution is 6.07. The first-order valence-electron chi connectivity index (χ1n) is 7.62. The molecular weight excluding hydrogens is 303 g/mol. The van der Waals surface area contributed by atoms with Gasteiger partial charge in [0.2, 0.25) is 0 Å². The molecule has 1 aromatic rings. The average Bonchev–Trinajstić information content (AvgIpc) is 2.79. The molecule has 7 heteroatoms. The molecule has 1 saturated heterocycles. The van der Waals surface area contributed by atoms with Crippen molar-refractivity contribution in [3.8, 4) is 5.75 Å². The van der Waals surface area contributed by atoms with Crippen LogP contribution in [0.3, 0.4) is 0 Å². The van der Waals surface area contributed by atoms with Crippen LogP contribution in [-0.4, -0.2) is 46.7 Å². The first kappa shape index (κ1) is 17.2. The Bertz CT molecular complexity index is 572. The summed E-state index contributed by atoms with van der Waals surface area (Å²) in [4.78, 5) is 25.4. The molecule has 1 fully saturated rings. The van der Waals surface area contributed by atoms with E-state index in [9.17, 15) is 19.1 Å². The lowest BCUT2D eigenvalue weighted by Crippen LogP contribution is -2.46. The van der Waals surface area contributed by atoms with Crippen molar-refractivity contribution in [3.05, 3.63) is 30.1 Å². The number of nitrogens with zero attached hydrogens (tertiary/aromatic N) is 1. The molecule has 2 rings (SSSR count). The molecule has 1 heterocycles. The normalized spacial score (nSPS) is 18.0. The molecule has 0 spiro atoms. The van der Waals surface area contributed by atoms with Crippen molar-refractivity contribution < 1.29 is 23.8 Å². The highest BCUT2D eigenvalue weighted by Gasteiger charge is 2.48. The quantitative estimate of drug-likeness (QED) is 0.748. The van der Waals surface area contributed by atoms with Crippen molar-refractivity contribution in [2.24, 2.45) is 0 Å². The standard InChI is InChI=1S/C16H21FN2O4/c1-3-16(4-2)14(21)19(15(22)18-16)9-12(20)10-23-13-7-5-11(17)6-8-13/h5-8,12,20H,3-4,9-10H2,1-2H3,(H,18,22)/t12-/m1/s1. The van der Waals surface area contributed by atoms with Crippen LogP contribution in [0.1, 0.15) is 26.7 Å². The van der Waals surface area contributed by atoms with Crippen LogP contribution in [-0.2, 0) is 4.79 Å². The first-order chi connectivity index (χ1) is 10.9. The van der Waals surface area contributed by atoms with E-state index >= 15 is 0 Å². The SMILES string of the molecule is CCC1(CC)NC(=O)N(C[C@@H](O)COc2ccc(F)cc2)C1=O. The number of ether oxygens (including phenoxy) is 1. The Balaban J connectivity index is 1.92. The van der Waals surface area contributed by atoms with E-state index in [2.05, 4.69) is 5.32 Å². The van der Waals surface area contributed by atoms with E-state index in [-0.39, 0.29) is 24.9 Å². The van der Waals surface area contributed by atoms with E-state index in [1.54, 1.807) is 0 Å². The zero-order valence-electron chi connectivity index (χ0n) is 13.2. The van der Waals surface area contributed by atoms with Gasteiger partial charge in [0, 0.05) is 0 Å². The van der Waals surface area contributed by atoms with E-state index in [0.29, 0.717) is 18.6 Å². The molecule has 3 amide bonds. The zero-order chi connectivity index (χ0) is 17.0. The summed E-state index contributed by atoms with van der Waals surface area (Å²) in [5.74, 6) is -0.305. The largest absolute Gasteiger partial charge is 0.491 e. The van der Waals surface area contributed by atoms with Gasteiger partial charge in [-0.3, -0.25) is 9.69 Å². The Hall–Kier alpha value is -2.15. The van der Waals surface area contributed by atoms with Crippen molar-refractivity contribution in [2.75, 3.05) is 13.2 Å². The summed E-state index contributed by atoms with van der Waals surface area (Å²) in [6.07, 6.45) is -0.0428. The summed E-state index contributed by atoms with van der Waals surface area (Å²) < 4.78 is 18.1. The molecule has 2 N–H and O–H groups in total. The van der Waals surface area contributed by atoms with Gasteiger partial charge in [-0.25, -0.2) is 9.18 Å². The van der Waals surface area contributed by atoms with Gasteiger partial charge in [0.25, 0.3) is 5.91 Å². The number of aliphatic hydroxyl groups excluding tert-OH is 1. The van der Waals surface area contributed by atoms with Crippen LogP contribution in [0.4, 0.5) is 9.18 Å². The zero-order valence-corrected chi connectivity index (χ0v) is 13.2. The summed E-state index contributed by atoms with van der Waals surface area (Å²) in [7, 11) is 0. The third kappa shape index (κ3) is 3.61. The summed E-state index contributed by atoms with van der Waals surface area (Å²) >= 11 is 0. The summed E-state index contributed by atoms with van der Waals surface area (Å²) in [5, 5.41) is 12.7. The number of β-amino-alcohol motifs (C(OH)–C–C–N with tert-alkyl or cyclic N) is 1. The molecule has 0 bridgehead atoms. The Labute approximate surface area is 134 Å². The Morgan fingerprint density at radius 2 is 1.87 bits per heavy atom. The first-order valence-corrected chi connectivity index (χ1v) is 7.62. The predicted octanol–water partition coefficient (Wildman–Crippen LogP) is 1.68. The van der Waals surface area contributed by atoms with E-state index in [4.69, 9.17) is 4.74 Å².